The average Bonchev–Trinajstić information content (AvgIpc) is 2.77. The SMILES string of the molecule is COc1ccc(-c2nsnc2C(=O)O)cc1F. The van der Waals surface area contributed by atoms with Crippen molar-refractivity contribution >= 4 is 17.7 Å². The van der Waals surface area contributed by atoms with Crippen LogP contribution in [0.15, 0.2) is 18.2 Å². The average molecular weight is 254 g/mol. The van der Waals surface area contributed by atoms with Gasteiger partial charge in [-0.15, -0.1) is 0 Å². The van der Waals surface area contributed by atoms with E-state index in [1.54, 1.807) is 0 Å². The fourth-order valence-corrected chi connectivity index (χ4v) is 1.89. The maximum absolute atomic E-state index is 13.5. The van der Waals surface area contributed by atoms with E-state index in [2.05, 4.69) is 8.75 Å². The minimum Gasteiger partial charge on any atom is -0.494 e. The number of carbonyl (C=O) groups is 1. The zero-order valence-corrected chi connectivity index (χ0v) is 9.49. The number of hydrogen-bond acceptors (Lipinski definition) is 5. The van der Waals surface area contributed by atoms with Gasteiger partial charge in [-0.3, -0.25) is 0 Å². The number of benzene rings is 1. The highest BCUT2D eigenvalue weighted by Gasteiger charge is 2.18. The first kappa shape index (κ1) is 11.5. The Labute approximate surface area is 99.8 Å². The number of carboxylic acids is 1. The molecular weight excluding hydrogens is 247 g/mol. The van der Waals surface area contributed by atoms with Gasteiger partial charge in [0.1, 0.15) is 5.69 Å². The first-order chi connectivity index (χ1) is 8.13. The molecule has 0 aliphatic carbocycles. The van der Waals surface area contributed by atoms with Gasteiger partial charge in [-0.05, 0) is 18.2 Å². The molecule has 0 fully saturated rings. The van der Waals surface area contributed by atoms with E-state index in [0.717, 1.165) is 11.7 Å². The second kappa shape index (κ2) is 4.46. The van der Waals surface area contributed by atoms with E-state index >= 15 is 0 Å². The Morgan fingerprint density at radius 3 is 2.82 bits per heavy atom. The van der Waals surface area contributed by atoms with Gasteiger partial charge in [0.25, 0.3) is 0 Å². The van der Waals surface area contributed by atoms with Crippen LogP contribution in [0.3, 0.4) is 0 Å². The molecule has 17 heavy (non-hydrogen) atoms. The van der Waals surface area contributed by atoms with Gasteiger partial charge >= 0.3 is 5.97 Å². The van der Waals surface area contributed by atoms with Crippen molar-refractivity contribution in [2.24, 2.45) is 0 Å². The van der Waals surface area contributed by atoms with Crippen LogP contribution in [0, 0.1) is 5.82 Å². The second-order valence-corrected chi connectivity index (χ2v) is 3.64. The van der Waals surface area contributed by atoms with Crippen LogP contribution in [-0.4, -0.2) is 26.9 Å². The number of aromatic nitrogens is 2. The van der Waals surface area contributed by atoms with E-state index in [0.29, 0.717) is 5.56 Å². The minimum atomic E-state index is -1.19. The van der Waals surface area contributed by atoms with Gasteiger partial charge in [0.05, 0.1) is 18.8 Å². The Morgan fingerprint density at radius 2 is 2.24 bits per heavy atom. The van der Waals surface area contributed by atoms with E-state index in [-0.39, 0.29) is 17.1 Å². The Hall–Kier alpha value is -2.02. The molecular formula is C10H7FN2O3S. The largest absolute Gasteiger partial charge is 0.494 e. The Bertz CT molecular complexity index is 570. The predicted molar refractivity (Wildman–Crippen MR) is 58.8 cm³/mol. The fraction of sp³-hybridized carbons (Fsp3) is 0.100. The molecule has 7 heteroatoms. The van der Waals surface area contributed by atoms with E-state index in [1.807, 2.05) is 0 Å². The van der Waals surface area contributed by atoms with Crippen LogP contribution in [0.5, 0.6) is 5.75 Å². The van der Waals surface area contributed by atoms with Gasteiger partial charge in [0.15, 0.2) is 17.3 Å². The molecule has 1 N–H and O–H groups in total. The van der Waals surface area contributed by atoms with Crippen LogP contribution in [0.1, 0.15) is 10.5 Å². The molecule has 0 atom stereocenters. The Kier molecular flexibility index (Phi) is 3.01. The monoisotopic (exact) mass is 254 g/mol. The molecule has 0 spiro atoms. The van der Waals surface area contributed by atoms with Crippen LogP contribution >= 0.6 is 11.7 Å². The zero-order chi connectivity index (χ0) is 12.4. The molecule has 1 aromatic heterocycles. The summed E-state index contributed by atoms with van der Waals surface area (Å²) >= 11 is 0.771. The molecule has 0 saturated heterocycles. The Morgan fingerprint density at radius 1 is 1.47 bits per heavy atom. The molecule has 2 rings (SSSR count). The normalized spacial score (nSPS) is 10.2. The van der Waals surface area contributed by atoms with E-state index < -0.39 is 11.8 Å². The first-order valence-electron chi connectivity index (χ1n) is 4.53. The number of rotatable bonds is 3. The van der Waals surface area contributed by atoms with Crippen molar-refractivity contribution in [2.75, 3.05) is 7.11 Å². The predicted octanol–water partition coefficient (Wildman–Crippen LogP) is 2.05. The van der Waals surface area contributed by atoms with Gasteiger partial charge in [-0.1, -0.05) is 0 Å². The quantitative estimate of drug-likeness (QED) is 0.907. The van der Waals surface area contributed by atoms with E-state index in [4.69, 9.17) is 9.84 Å². The highest BCUT2D eigenvalue weighted by atomic mass is 32.1. The summed E-state index contributed by atoms with van der Waals surface area (Å²) < 4.78 is 25.7. The Balaban J connectivity index is 2.50. The van der Waals surface area contributed by atoms with Crippen molar-refractivity contribution < 1.29 is 19.0 Å². The maximum atomic E-state index is 13.5. The molecule has 0 bridgehead atoms. The van der Waals surface area contributed by atoms with Gasteiger partial charge in [0.2, 0.25) is 0 Å². The lowest BCUT2D eigenvalue weighted by Gasteiger charge is -2.03. The summed E-state index contributed by atoms with van der Waals surface area (Å²) in [6, 6.07) is 4.11. The standard InChI is InChI=1S/C10H7FN2O3S/c1-16-7-3-2-5(4-6(7)11)8-9(10(14)15)13-17-12-8/h2-4H,1H3,(H,14,15). The lowest BCUT2D eigenvalue weighted by atomic mass is 10.1. The van der Waals surface area contributed by atoms with Crippen molar-refractivity contribution in [3.05, 3.63) is 29.7 Å². The summed E-state index contributed by atoms with van der Waals surface area (Å²) in [4.78, 5) is 10.8. The molecule has 0 amide bonds. The van der Waals surface area contributed by atoms with Crippen LogP contribution < -0.4 is 4.74 Å². The van der Waals surface area contributed by atoms with Crippen LogP contribution in [0.25, 0.3) is 11.3 Å². The summed E-state index contributed by atoms with van der Waals surface area (Å²) in [6.07, 6.45) is 0. The molecule has 88 valence electrons. The maximum Gasteiger partial charge on any atom is 0.357 e. The summed E-state index contributed by atoms with van der Waals surface area (Å²) in [5.41, 5.74) is 0.332. The van der Waals surface area contributed by atoms with Crippen LogP contribution in [-0.2, 0) is 0 Å². The fourth-order valence-electron chi connectivity index (χ4n) is 1.33. The van der Waals surface area contributed by atoms with Gasteiger partial charge in [0, 0.05) is 5.56 Å². The summed E-state index contributed by atoms with van der Waals surface area (Å²) in [7, 11) is 1.35. The third kappa shape index (κ3) is 2.09. The third-order valence-corrected chi connectivity index (χ3v) is 2.64. The van der Waals surface area contributed by atoms with Gasteiger partial charge in [-0.25, -0.2) is 9.18 Å². The molecule has 0 unspecified atom stereocenters. The number of halogens is 1. The van der Waals surface area contributed by atoms with Gasteiger partial charge < -0.3 is 9.84 Å². The molecule has 2 aromatic rings. The lowest BCUT2D eigenvalue weighted by Crippen LogP contribution is -1.99. The third-order valence-electron chi connectivity index (χ3n) is 2.12. The number of hydrogen-bond donors (Lipinski definition) is 1. The molecule has 0 radical (unpaired) electrons. The molecule has 0 aliphatic rings. The van der Waals surface area contributed by atoms with Crippen LogP contribution in [0.2, 0.25) is 0 Å². The number of ether oxygens (including phenoxy) is 1. The topological polar surface area (TPSA) is 72.3 Å². The summed E-state index contributed by atoms with van der Waals surface area (Å²) in [5.74, 6) is -1.67. The summed E-state index contributed by atoms with van der Waals surface area (Å²) in [6.45, 7) is 0. The van der Waals surface area contributed by atoms with Gasteiger partial charge in [-0.2, -0.15) is 8.75 Å². The molecule has 1 heterocycles. The van der Waals surface area contributed by atoms with Crippen LogP contribution in [0.4, 0.5) is 4.39 Å². The highest BCUT2D eigenvalue weighted by molar-refractivity contribution is 6.99. The van der Waals surface area contributed by atoms with E-state index in [9.17, 15) is 9.18 Å². The van der Waals surface area contributed by atoms with Crippen molar-refractivity contribution in [3.8, 4) is 17.0 Å². The molecule has 5 nitrogen and oxygen atoms in total. The molecule has 0 saturated carbocycles. The van der Waals surface area contributed by atoms with Crippen molar-refractivity contribution in [3.63, 3.8) is 0 Å². The minimum absolute atomic E-state index is 0.0915. The van der Waals surface area contributed by atoms with E-state index in [1.165, 1.54) is 25.3 Å². The van der Waals surface area contributed by atoms with Crippen molar-refractivity contribution in [1.82, 2.24) is 8.75 Å². The molecule has 0 aliphatic heterocycles. The number of methoxy groups -OCH3 is 1. The number of carboxylic acid groups (broad SMARTS) is 1. The number of nitrogens with zero attached hydrogens (tertiary/aromatic N) is 2. The first-order valence-corrected chi connectivity index (χ1v) is 5.26. The second-order valence-electron chi connectivity index (χ2n) is 3.12. The highest BCUT2D eigenvalue weighted by Crippen LogP contribution is 2.26. The van der Waals surface area contributed by atoms with Crippen molar-refractivity contribution in [2.45, 2.75) is 0 Å². The van der Waals surface area contributed by atoms with Crippen molar-refractivity contribution in [1.29, 1.82) is 0 Å². The smallest absolute Gasteiger partial charge is 0.357 e. The molecule has 1 aromatic carbocycles. The lowest BCUT2D eigenvalue weighted by molar-refractivity contribution is 0.0692. The number of aromatic carboxylic acids is 1. The zero-order valence-electron chi connectivity index (χ0n) is 8.68. The summed E-state index contributed by atoms with van der Waals surface area (Å²) in [5, 5.41) is 8.87.